The summed E-state index contributed by atoms with van der Waals surface area (Å²) in [5.41, 5.74) is 5.86. The minimum atomic E-state index is -0.593. The van der Waals surface area contributed by atoms with E-state index in [9.17, 15) is 9.18 Å². The lowest BCUT2D eigenvalue weighted by atomic mass is 10.1. The Hall–Kier alpha value is -1.13. The highest BCUT2D eigenvalue weighted by Gasteiger charge is 2.28. The molecule has 0 radical (unpaired) electrons. The molecule has 3 nitrogen and oxygen atoms in total. The van der Waals surface area contributed by atoms with Crippen molar-refractivity contribution in [1.82, 2.24) is 0 Å². The summed E-state index contributed by atoms with van der Waals surface area (Å²) in [6, 6.07) is 4.61. The highest BCUT2D eigenvalue weighted by molar-refractivity contribution is 6.31. The third kappa shape index (κ3) is 2.76. The fourth-order valence-corrected chi connectivity index (χ4v) is 2.26. The molecular weight excluding hydrogens is 243 g/mol. The van der Waals surface area contributed by atoms with Gasteiger partial charge in [0, 0.05) is 12.0 Å². The Labute approximate surface area is 104 Å². The third-order valence-electron chi connectivity index (χ3n) is 3.05. The van der Waals surface area contributed by atoms with E-state index in [1.54, 1.807) is 6.07 Å². The van der Waals surface area contributed by atoms with Crippen LogP contribution >= 0.6 is 11.6 Å². The second-order valence-electron chi connectivity index (χ2n) is 4.36. The summed E-state index contributed by atoms with van der Waals surface area (Å²) in [6.07, 6.45) is 2.26. The second kappa shape index (κ2) is 5.02. The first kappa shape index (κ1) is 12.3. The number of hydrogen-bond donors (Lipinski definition) is 2. The van der Waals surface area contributed by atoms with E-state index in [1.807, 2.05) is 0 Å². The number of nitrogens with two attached hydrogens (primary N) is 1. The number of halogens is 2. The van der Waals surface area contributed by atoms with Crippen LogP contribution in [0.3, 0.4) is 0 Å². The molecule has 1 fully saturated rings. The van der Waals surface area contributed by atoms with Gasteiger partial charge >= 0.3 is 0 Å². The SMILES string of the molecule is NC1CCC(C(=O)Nc2cccc(Cl)c2F)C1. The Balaban J connectivity index is 2.06. The molecule has 0 saturated heterocycles. The van der Waals surface area contributed by atoms with Gasteiger partial charge in [-0.2, -0.15) is 0 Å². The Kier molecular flexibility index (Phi) is 3.64. The summed E-state index contributed by atoms with van der Waals surface area (Å²) in [5, 5.41) is 2.57. The largest absolute Gasteiger partial charge is 0.328 e. The molecule has 1 aromatic rings. The van der Waals surface area contributed by atoms with Crippen molar-refractivity contribution in [2.75, 3.05) is 5.32 Å². The number of benzene rings is 1. The number of nitrogens with one attached hydrogen (secondary N) is 1. The third-order valence-corrected chi connectivity index (χ3v) is 3.35. The van der Waals surface area contributed by atoms with E-state index in [4.69, 9.17) is 17.3 Å². The van der Waals surface area contributed by atoms with E-state index < -0.39 is 5.82 Å². The van der Waals surface area contributed by atoms with Crippen molar-refractivity contribution >= 4 is 23.2 Å². The first-order valence-electron chi connectivity index (χ1n) is 5.58. The van der Waals surface area contributed by atoms with E-state index >= 15 is 0 Å². The molecule has 1 aliphatic rings. The predicted octanol–water partition coefficient (Wildman–Crippen LogP) is 2.54. The average Bonchev–Trinajstić information content (AvgIpc) is 2.72. The first-order chi connectivity index (χ1) is 8.08. The van der Waals surface area contributed by atoms with Gasteiger partial charge < -0.3 is 11.1 Å². The maximum absolute atomic E-state index is 13.6. The normalized spacial score (nSPS) is 23.7. The zero-order valence-corrected chi connectivity index (χ0v) is 10.0. The van der Waals surface area contributed by atoms with Crippen LogP contribution in [0.4, 0.5) is 10.1 Å². The molecule has 92 valence electrons. The topological polar surface area (TPSA) is 55.1 Å². The average molecular weight is 257 g/mol. The molecule has 1 saturated carbocycles. The number of carbonyl (C=O) groups is 1. The molecule has 0 heterocycles. The van der Waals surface area contributed by atoms with Crippen LogP contribution in [0.2, 0.25) is 5.02 Å². The summed E-state index contributed by atoms with van der Waals surface area (Å²) in [7, 11) is 0. The highest BCUT2D eigenvalue weighted by atomic mass is 35.5. The Morgan fingerprint density at radius 3 is 2.88 bits per heavy atom. The Morgan fingerprint density at radius 2 is 2.24 bits per heavy atom. The fraction of sp³-hybridized carbons (Fsp3) is 0.417. The van der Waals surface area contributed by atoms with E-state index in [1.165, 1.54) is 12.1 Å². The van der Waals surface area contributed by atoms with Crippen molar-refractivity contribution in [2.45, 2.75) is 25.3 Å². The van der Waals surface area contributed by atoms with E-state index in [0.29, 0.717) is 6.42 Å². The zero-order valence-electron chi connectivity index (χ0n) is 9.25. The minimum Gasteiger partial charge on any atom is -0.328 e. The molecule has 2 atom stereocenters. The molecule has 17 heavy (non-hydrogen) atoms. The van der Waals surface area contributed by atoms with E-state index in [-0.39, 0.29) is 28.6 Å². The van der Waals surface area contributed by atoms with Gasteiger partial charge in [-0.25, -0.2) is 4.39 Å². The van der Waals surface area contributed by atoms with E-state index in [0.717, 1.165) is 12.8 Å². The minimum absolute atomic E-state index is 0.00548. The van der Waals surface area contributed by atoms with Crippen molar-refractivity contribution in [2.24, 2.45) is 11.7 Å². The molecule has 0 spiro atoms. The monoisotopic (exact) mass is 256 g/mol. The first-order valence-corrected chi connectivity index (χ1v) is 5.96. The summed E-state index contributed by atoms with van der Waals surface area (Å²) >= 11 is 5.63. The maximum Gasteiger partial charge on any atom is 0.227 e. The Bertz CT molecular complexity index is 439. The molecule has 0 aliphatic heterocycles. The number of rotatable bonds is 2. The second-order valence-corrected chi connectivity index (χ2v) is 4.77. The van der Waals surface area contributed by atoms with Crippen LogP contribution in [0, 0.1) is 11.7 Å². The molecular formula is C12H14ClFN2O. The van der Waals surface area contributed by atoms with Crippen molar-refractivity contribution in [3.63, 3.8) is 0 Å². The summed E-state index contributed by atoms with van der Waals surface area (Å²) < 4.78 is 13.6. The van der Waals surface area contributed by atoms with Crippen LogP contribution in [0.15, 0.2) is 18.2 Å². The molecule has 0 aromatic heterocycles. The van der Waals surface area contributed by atoms with Crippen LogP contribution < -0.4 is 11.1 Å². The number of hydrogen-bond acceptors (Lipinski definition) is 2. The number of amides is 1. The van der Waals surface area contributed by atoms with Gasteiger partial charge in [-0.3, -0.25) is 4.79 Å². The van der Waals surface area contributed by atoms with Crippen LogP contribution in [0.1, 0.15) is 19.3 Å². The van der Waals surface area contributed by atoms with E-state index in [2.05, 4.69) is 5.32 Å². The van der Waals surface area contributed by atoms with Gasteiger partial charge in [0.15, 0.2) is 5.82 Å². The standard InChI is InChI=1S/C12H14ClFN2O/c13-9-2-1-3-10(11(9)14)16-12(17)7-4-5-8(15)6-7/h1-3,7-8H,4-6,15H2,(H,16,17). The lowest BCUT2D eigenvalue weighted by molar-refractivity contribution is -0.119. The van der Waals surface area contributed by atoms with Gasteiger partial charge in [0.1, 0.15) is 0 Å². The van der Waals surface area contributed by atoms with Gasteiger partial charge in [-0.05, 0) is 31.4 Å². The zero-order chi connectivity index (χ0) is 12.4. The molecule has 2 rings (SSSR count). The lowest BCUT2D eigenvalue weighted by Gasteiger charge is -2.11. The van der Waals surface area contributed by atoms with Gasteiger partial charge in [0.25, 0.3) is 0 Å². The van der Waals surface area contributed by atoms with Crippen molar-refractivity contribution in [3.8, 4) is 0 Å². The number of anilines is 1. The van der Waals surface area contributed by atoms with Gasteiger partial charge in [0.05, 0.1) is 10.7 Å². The molecule has 5 heteroatoms. The van der Waals surface area contributed by atoms with Gasteiger partial charge in [-0.15, -0.1) is 0 Å². The van der Waals surface area contributed by atoms with Crippen molar-refractivity contribution in [3.05, 3.63) is 29.0 Å². The molecule has 1 aliphatic carbocycles. The summed E-state index contributed by atoms with van der Waals surface area (Å²) in [5.74, 6) is -0.896. The summed E-state index contributed by atoms with van der Waals surface area (Å²) in [4.78, 5) is 11.8. The Morgan fingerprint density at radius 1 is 1.47 bits per heavy atom. The molecule has 3 N–H and O–H groups in total. The van der Waals surface area contributed by atoms with Crippen LogP contribution in [0.5, 0.6) is 0 Å². The van der Waals surface area contributed by atoms with Crippen LogP contribution in [-0.4, -0.2) is 11.9 Å². The maximum atomic E-state index is 13.6. The van der Waals surface area contributed by atoms with Gasteiger partial charge in [-0.1, -0.05) is 17.7 Å². The fourth-order valence-electron chi connectivity index (χ4n) is 2.09. The van der Waals surface area contributed by atoms with Gasteiger partial charge in [0.2, 0.25) is 5.91 Å². The van der Waals surface area contributed by atoms with Crippen molar-refractivity contribution in [1.29, 1.82) is 0 Å². The highest BCUT2D eigenvalue weighted by Crippen LogP contribution is 2.27. The quantitative estimate of drug-likeness (QED) is 0.854. The summed E-state index contributed by atoms with van der Waals surface area (Å²) in [6.45, 7) is 0. The molecule has 1 aromatic carbocycles. The van der Waals surface area contributed by atoms with Crippen molar-refractivity contribution < 1.29 is 9.18 Å². The molecule has 0 bridgehead atoms. The van der Waals surface area contributed by atoms with Crippen LogP contribution in [-0.2, 0) is 4.79 Å². The number of carbonyl (C=O) groups excluding carboxylic acids is 1. The lowest BCUT2D eigenvalue weighted by Crippen LogP contribution is -2.23. The molecule has 1 amide bonds. The smallest absolute Gasteiger partial charge is 0.227 e. The molecule has 2 unspecified atom stereocenters. The predicted molar refractivity (Wildman–Crippen MR) is 65.4 cm³/mol. The van der Waals surface area contributed by atoms with Crippen LogP contribution in [0.25, 0.3) is 0 Å².